The van der Waals surface area contributed by atoms with Gasteiger partial charge in [-0.2, -0.15) is 5.10 Å². The largest absolute Gasteiger partial charge is 0.480 e. The second-order valence-electron chi connectivity index (χ2n) is 8.39. The van der Waals surface area contributed by atoms with Gasteiger partial charge in [-0.25, -0.2) is 24.3 Å². The van der Waals surface area contributed by atoms with Crippen LogP contribution in [0.4, 0.5) is 10.2 Å². The molecule has 0 saturated heterocycles. The maximum Gasteiger partial charge on any atom is 0.232 e. The predicted octanol–water partition coefficient (Wildman–Crippen LogP) is 2.77. The lowest BCUT2D eigenvalue weighted by Crippen LogP contribution is -2.46. The van der Waals surface area contributed by atoms with Crippen LogP contribution in [0.2, 0.25) is 5.02 Å². The van der Waals surface area contributed by atoms with Gasteiger partial charge in [-0.1, -0.05) is 11.6 Å². The van der Waals surface area contributed by atoms with Crippen molar-refractivity contribution in [3.05, 3.63) is 29.0 Å². The predicted molar refractivity (Wildman–Crippen MR) is 127 cm³/mol. The molecule has 1 aromatic carbocycles. The zero-order valence-corrected chi connectivity index (χ0v) is 19.4. The van der Waals surface area contributed by atoms with Crippen LogP contribution in [0.3, 0.4) is 0 Å². The lowest BCUT2D eigenvalue weighted by atomic mass is 9.89. The Kier molecular flexibility index (Phi) is 5.92. The molecule has 0 unspecified atom stereocenters. The SMILES string of the molecule is COc1cnc2ccc(-c3n[nH]c4nc(N(C)[C@@H]5CC[C@@H](F)[C@@H](N)C5)c(CO)nc34)c(Cl)c2n1. The number of benzene rings is 1. The number of aliphatic hydroxyl groups is 1. The van der Waals surface area contributed by atoms with Crippen LogP contribution in [0.1, 0.15) is 25.0 Å². The van der Waals surface area contributed by atoms with Gasteiger partial charge < -0.3 is 20.5 Å². The highest BCUT2D eigenvalue weighted by atomic mass is 35.5. The number of fused-ring (bicyclic) bond motifs is 2. The maximum absolute atomic E-state index is 13.9. The highest BCUT2D eigenvalue weighted by Crippen LogP contribution is 2.36. The second-order valence-corrected chi connectivity index (χ2v) is 8.76. The number of aliphatic hydroxyl groups excluding tert-OH is 1. The average molecular weight is 487 g/mol. The molecule has 0 spiro atoms. The number of hydrogen-bond donors (Lipinski definition) is 3. The third kappa shape index (κ3) is 3.79. The van der Waals surface area contributed by atoms with E-state index >= 15 is 0 Å². The van der Waals surface area contributed by atoms with Crippen LogP contribution < -0.4 is 15.4 Å². The molecule has 4 N–H and O–H groups in total. The van der Waals surface area contributed by atoms with Crippen molar-refractivity contribution in [2.75, 3.05) is 19.1 Å². The summed E-state index contributed by atoms with van der Waals surface area (Å²) in [5.41, 5.74) is 9.38. The molecule has 4 aromatic rings. The molecule has 12 heteroatoms. The summed E-state index contributed by atoms with van der Waals surface area (Å²) in [5, 5.41) is 17.7. The van der Waals surface area contributed by atoms with Crippen LogP contribution >= 0.6 is 11.6 Å². The fourth-order valence-corrected chi connectivity index (χ4v) is 4.71. The van der Waals surface area contributed by atoms with Gasteiger partial charge in [0, 0.05) is 24.7 Å². The first-order chi connectivity index (χ1) is 16.4. The van der Waals surface area contributed by atoms with E-state index in [4.69, 9.17) is 27.1 Å². The number of ether oxygens (including phenoxy) is 1. The fraction of sp³-hybridized carbons (Fsp3) is 0.409. The van der Waals surface area contributed by atoms with E-state index in [1.807, 2.05) is 11.9 Å². The third-order valence-corrected chi connectivity index (χ3v) is 6.74. The molecule has 5 rings (SSSR count). The summed E-state index contributed by atoms with van der Waals surface area (Å²) in [7, 11) is 3.36. The fourth-order valence-electron chi connectivity index (χ4n) is 4.42. The van der Waals surface area contributed by atoms with E-state index in [0.717, 1.165) is 0 Å². The van der Waals surface area contributed by atoms with Crippen molar-refractivity contribution in [2.45, 2.75) is 44.1 Å². The minimum atomic E-state index is -0.998. The Labute approximate surface area is 199 Å². The Morgan fingerprint density at radius 1 is 1.26 bits per heavy atom. The van der Waals surface area contributed by atoms with Crippen LogP contribution in [0.5, 0.6) is 5.88 Å². The van der Waals surface area contributed by atoms with Crippen molar-refractivity contribution in [3.8, 4) is 17.1 Å². The first-order valence-corrected chi connectivity index (χ1v) is 11.3. The Hall–Kier alpha value is -3.15. The Morgan fingerprint density at radius 2 is 2.09 bits per heavy atom. The normalized spacial score (nSPS) is 20.7. The molecule has 1 fully saturated rings. The molecule has 0 radical (unpaired) electrons. The number of rotatable bonds is 5. The number of H-pyrrole nitrogens is 1. The molecule has 3 aromatic heterocycles. The maximum atomic E-state index is 13.9. The topological polar surface area (TPSA) is 139 Å². The van der Waals surface area contributed by atoms with Crippen LogP contribution in [0.15, 0.2) is 18.3 Å². The van der Waals surface area contributed by atoms with Gasteiger partial charge in [0.05, 0.1) is 30.5 Å². The molecule has 3 atom stereocenters. The van der Waals surface area contributed by atoms with E-state index in [1.165, 1.54) is 13.3 Å². The summed E-state index contributed by atoms with van der Waals surface area (Å²) in [5.74, 6) is 0.843. The molecule has 0 aliphatic heterocycles. The minimum Gasteiger partial charge on any atom is -0.480 e. The highest BCUT2D eigenvalue weighted by molar-refractivity contribution is 6.38. The van der Waals surface area contributed by atoms with Gasteiger partial charge in [0.15, 0.2) is 11.5 Å². The Balaban J connectivity index is 1.57. The van der Waals surface area contributed by atoms with E-state index in [2.05, 4.69) is 25.1 Å². The second kappa shape index (κ2) is 8.90. The van der Waals surface area contributed by atoms with Crippen LogP contribution in [0, 0.1) is 0 Å². The molecule has 1 aliphatic carbocycles. The summed E-state index contributed by atoms with van der Waals surface area (Å²) in [4.78, 5) is 20.0. The van der Waals surface area contributed by atoms with Gasteiger partial charge in [-0.05, 0) is 31.4 Å². The smallest absolute Gasteiger partial charge is 0.232 e. The van der Waals surface area contributed by atoms with Crippen molar-refractivity contribution >= 4 is 39.6 Å². The summed E-state index contributed by atoms with van der Waals surface area (Å²) < 4.78 is 19.0. The quantitative estimate of drug-likeness (QED) is 0.388. The summed E-state index contributed by atoms with van der Waals surface area (Å²) >= 11 is 6.68. The number of nitrogens with zero attached hydrogens (tertiary/aromatic N) is 6. The number of alkyl halides is 1. The van der Waals surface area contributed by atoms with E-state index in [0.29, 0.717) is 75.1 Å². The van der Waals surface area contributed by atoms with Crippen molar-refractivity contribution in [1.82, 2.24) is 30.1 Å². The van der Waals surface area contributed by atoms with Crippen LogP contribution in [-0.4, -0.2) is 67.7 Å². The Bertz CT molecular complexity index is 1370. The molecule has 1 saturated carbocycles. The molecule has 10 nitrogen and oxygen atoms in total. The third-order valence-electron chi connectivity index (χ3n) is 6.36. The molecule has 0 amide bonds. The number of nitrogens with two attached hydrogens (primary N) is 1. The zero-order chi connectivity index (χ0) is 24.0. The molecule has 3 heterocycles. The van der Waals surface area contributed by atoms with Gasteiger partial charge in [0.2, 0.25) is 5.88 Å². The number of halogens is 2. The molecule has 34 heavy (non-hydrogen) atoms. The van der Waals surface area contributed by atoms with Gasteiger partial charge in [0.25, 0.3) is 0 Å². The first kappa shape index (κ1) is 22.6. The van der Waals surface area contributed by atoms with E-state index in [9.17, 15) is 9.50 Å². The standard InChI is InChI=1S/C22H24ClFN8O2/c1-32(10-3-5-12(24)13(25)7-10)22-15(9-33)27-20-18(30-31-21(20)29-22)11-4-6-14-19(17(11)23)28-16(34-2)8-26-14/h4,6,8,10,12-13,33H,3,5,7,9,25H2,1-2H3,(H,29,30,31)/t10-,12-,13+/m1/s1. The van der Waals surface area contributed by atoms with E-state index < -0.39 is 12.2 Å². The van der Waals surface area contributed by atoms with Crippen molar-refractivity contribution < 1.29 is 14.2 Å². The van der Waals surface area contributed by atoms with Crippen molar-refractivity contribution in [3.63, 3.8) is 0 Å². The lowest BCUT2D eigenvalue weighted by molar-refractivity contribution is 0.201. The summed E-state index contributed by atoms with van der Waals surface area (Å²) in [6, 6.07) is 3.05. The van der Waals surface area contributed by atoms with Crippen LogP contribution in [-0.2, 0) is 6.61 Å². The summed E-state index contributed by atoms with van der Waals surface area (Å²) in [6.45, 7) is -0.328. The average Bonchev–Trinajstić information content (AvgIpc) is 3.27. The van der Waals surface area contributed by atoms with Gasteiger partial charge in [-0.15, -0.1) is 0 Å². The van der Waals surface area contributed by atoms with Gasteiger partial charge in [0.1, 0.15) is 28.6 Å². The van der Waals surface area contributed by atoms with Crippen LogP contribution in [0.25, 0.3) is 33.5 Å². The number of aromatic amines is 1. The first-order valence-electron chi connectivity index (χ1n) is 10.9. The molecule has 0 bridgehead atoms. The summed E-state index contributed by atoms with van der Waals surface area (Å²) in [6.07, 6.45) is 2.05. The minimum absolute atomic E-state index is 0.00933. The number of nitrogens with one attached hydrogen (secondary N) is 1. The van der Waals surface area contributed by atoms with Crippen molar-refractivity contribution in [1.29, 1.82) is 0 Å². The van der Waals surface area contributed by atoms with Crippen molar-refractivity contribution in [2.24, 2.45) is 5.73 Å². The molecular formula is C22H24ClFN8O2. The number of hydrogen-bond acceptors (Lipinski definition) is 9. The highest BCUT2D eigenvalue weighted by Gasteiger charge is 2.32. The Morgan fingerprint density at radius 3 is 2.82 bits per heavy atom. The molecular weight excluding hydrogens is 463 g/mol. The monoisotopic (exact) mass is 486 g/mol. The van der Waals surface area contributed by atoms with Gasteiger partial charge in [-0.3, -0.25) is 5.10 Å². The lowest BCUT2D eigenvalue weighted by Gasteiger charge is -2.36. The molecule has 1 aliphatic rings. The number of aromatic nitrogens is 6. The van der Waals surface area contributed by atoms with Gasteiger partial charge >= 0.3 is 0 Å². The van der Waals surface area contributed by atoms with E-state index in [1.54, 1.807) is 12.1 Å². The zero-order valence-electron chi connectivity index (χ0n) is 18.7. The molecule has 178 valence electrons. The van der Waals surface area contributed by atoms with E-state index in [-0.39, 0.29) is 12.6 Å². The number of anilines is 1. The number of methoxy groups -OCH3 is 1.